The summed E-state index contributed by atoms with van der Waals surface area (Å²) >= 11 is 7.65. The minimum absolute atomic E-state index is 0.00625. The number of carbonyl (C=O) groups is 2. The molecular weight excluding hydrogens is 452 g/mol. The van der Waals surface area contributed by atoms with E-state index < -0.39 is 6.04 Å². The number of nitrogens with one attached hydrogen (secondary N) is 1. The number of nitrogens with zero attached hydrogens (tertiary/aromatic N) is 1. The van der Waals surface area contributed by atoms with Crippen molar-refractivity contribution >= 4 is 35.2 Å². The SMILES string of the molecule is CC[C@H](C(=O)NC1CCCCC1)N(Cc1ccc(Cl)cc1)C(=O)CSCc1cccc(C)c1. The first kappa shape index (κ1) is 25.6. The van der Waals surface area contributed by atoms with Crippen molar-refractivity contribution in [1.82, 2.24) is 10.2 Å². The van der Waals surface area contributed by atoms with Crippen LogP contribution in [0.3, 0.4) is 0 Å². The number of hydrogen-bond donors (Lipinski definition) is 1. The zero-order valence-corrected chi connectivity index (χ0v) is 21.3. The van der Waals surface area contributed by atoms with Crippen LogP contribution >= 0.6 is 23.4 Å². The highest BCUT2D eigenvalue weighted by Gasteiger charge is 2.30. The molecule has 178 valence electrons. The van der Waals surface area contributed by atoms with Crippen molar-refractivity contribution in [2.45, 2.75) is 76.8 Å². The molecule has 1 fully saturated rings. The van der Waals surface area contributed by atoms with E-state index in [1.165, 1.54) is 17.5 Å². The summed E-state index contributed by atoms with van der Waals surface area (Å²) in [6, 6.07) is 15.6. The molecule has 33 heavy (non-hydrogen) atoms. The molecule has 0 radical (unpaired) electrons. The van der Waals surface area contributed by atoms with Crippen LogP contribution in [0.15, 0.2) is 48.5 Å². The predicted molar refractivity (Wildman–Crippen MR) is 138 cm³/mol. The summed E-state index contributed by atoms with van der Waals surface area (Å²) in [7, 11) is 0. The van der Waals surface area contributed by atoms with E-state index in [0.29, 0.717) is 23.7 Å². The number of benzene rings is 2. The van der Waals surface area contributed by atoms with Gasteiger partial charge in [-0.15, -0.1) is 11.8 Å². The number of halogens is 1. The lowest BCUT2D eigenvalue weighted by Gasteiger charge is -2.32. The van der Waals surface area contributed by atoms with Crippen molar-refractivity contribution in [1.29, 1.82) is 0 Å². The van der Waals surface area contributed by atoms with Gasteiger partial charge in [-0.1, -0.05) is 79.7 Å². The van der Waals surface area contributed by atoms with E-state index in [1.807, 2.05) is 37.3 Å². The molecular formula is C27H35ClN2O2S. The Kier molecular flexibility index (Phi) is 10.1. The van der Waals surface area contributed by atoms with E-state index >= 15 is 0 Å². The maximum atomic E-state index is 13.4. The molecule has 2 aromatic rings. The molecule has 0 aliphatic heterocycles. The first-order chi connectivity index (χ1) is 16.0. The summed E-state index contributed by atoms with van der Waals surface area (Å²) in [6.45, 7) is 4.45. The fourth-order valence-electron chi connectivity index (χ4n) is 4.39. The van der Waals surface area contributed by atoms with Crippen LogP contribution in [-0.2, 0) is 21.9 Å². The zero-order chi connectivity index (χ0) is 23.6. The number of carbonyl (C=O) groups excluding carboxylic acids is 2. The average molecular weight is 487 g/mol. The molecule has 1 aliphatic carbocycles. The molecule has 4 nitrogen and oxygen atoms in total. The van der Waals surface area contributed by atoms with Crippen LogP contribution in [0.2, 0.25) is 5.02 Å². The Morgan fingerprint density at radius 1 is 1.09 bits per heavy atom. The van der Waals surface area contributed by atoms with Gasteiger partial charge in [0.1, 0.15) is 6.04 Å². The molecule has 2 amide bonds. The number of amides is 2. The van der Waals surface area contributed by atoms with E-state index in [4.69, 9.17) is 11.6 Å². The average Bonchev–Trinajstić information content (AvgIpc) is 2.81. The molecule has 2 aromatic carbocycles. The van der Waals surface area contributed by atoms with Gasteiger partial charge in [0.05, 0.1) is 5.75 Å². The van der Waals surface area contributed by atoms with E-state index in [2.05, 4.69) is 30.4 Å². The van der Waals surface area contributed by atoms with Crippen molar-refractivity contribution in [3.8, 4) is 0 Å². The molecule has 3 rings (SSSR count). The van der Waals surface area contributed by atoms with Gasteiger partial charge in [0.25, 0.3) is 0 Å². The van der Waals surface area contributed by atoms with Crippen molar-refractivity contribution in [3.05, 3.63) is 70.2 Å². The smallest absolute Gasteiger partial charge is 0.243 e. The fourth-order valence-corrected chi connectivity index (χ4v) is 5.38. The Bertz CT molecular complexity index is 913. The van der Waals surface area contributed by atoms with Gasteiger partial charge < -0.3 is 10.2 Å². The zero-order valence-electron chi connectivity index (χ0n) is 19.7. The summed E-state index contributed by atoms with van der Waals surface area (Å²) in [5.74, 6) is 1.07. The van der Waals surface area contributed by atoms with E-state index in [-0.39, 0.29) is 17.9 Å². The largest absolute Gasteiger partial charge is 0.352 e. The van der Waals surface area contributed by atoms with Crippen LogP contribution < -0.4 is 5.32 Å². The number of thioether (sulfide) groups is 1. The summed E-state index contributed by atoms with van der Waals surface area (Å²) in [6.07, 6.45) is 6.19. The Morgan fingerprint density at radius 3 is 2.48 bits per heavy atom. The minimum Gasteiger partial charge on any atom is -0.352 e. The van der Waals surface area contributed by atoms with Gasteiger partial charge in [0, 0.05) is 23.4 Å². The molecule has 6 heteroatoms. The lowest BCUT2D eigenvalue weighted by molar-refractivity contribution is -0.139. The maximum Gasteiger partial charge on any atom is 0.243 e. The molecule has 0 bridgehead atoms. The number of rotatable bonds is 10. The third-order valence-corrected chi connectivity index (χ3v) is 7.42. The van der Waals surface area contributed by atoms with E-state index in [9.17, 15) is 9.59 Å². The van der Waals surface area contributed by atoms with Crippen LogP contribution in [0, 0.1) is 6.92 Å². The van der Waals surface area contributed by atoms with Gasteiger partial charge in [-0.25, -0.2) is 0 Å². The van der Waals surface area contributed by atoms with Crippen LogP contribution in [0.4, 0.5) is 0 Å². The second-order valence-electron chi connectivity index (χ2n) is 8.90. The quantitative estimate of drug-likeness (QED) is 0.439. The Balaban J connectivity index is 1.69. The van der Waals surface area contributed by atoms with Crippen LogP contribution in [0.1, 0.15) is 62.1 Å². The molecule has 1 N–H and O–H groups in total. The third kappa shape index (κ3) is 8.08. The normalized spacial score (nSPS) is 15.1. The summed E-state index contributed by atoms with van der Waals surface area (Å²) in [5, 5.41) is 3.89. The van der Waals surface area contributed by atoms with Gasteiger partial charge in [-0.3, -0.25) is 9.59 Å². The highest BCUT2D eigenvalue weighted by Crippen LogP contribution is 2.21. The highest BCUT2D eigenvalue weighted by molar-refractivity contribution is 7.99. The van der Waals surface area contributed by atoms with Gasteiger partial charge in [-0.2, -0.15) is 0 Å². The molecule has 0 aromatic heterocycles. The number of aryl methyl sites for hydroxylation is 1. The lowest BCUT2D eigenvalue weighted by atomic mass is 9.95. The summed E-state index contributed by atoms with van der Waals surface area (Å²) < 4.78 is 0. The lowest BCUT2D eigenvalue weighted by Crippen LogP contribution is -2.52. The van der Waals surface area contributed by atoms with Crippen LogP contribution in [-0.4, -0.2) is 34.6 Å². The topological polar surface area (TPSA) is 49.4 Å². The number of hydrogen-bond acceptors (Lipinski definition) is 3. The van der Waals surface area contributed by atoms with Gasteiger partial charge >= 0.3 is 0 Å². The maximum absolute atomic E-state index is 13.4. The molecule has 0 saturated heterocycles. The molecule has 0 spiro atoms. The van der Waals surface area contributed by atoms with Crippen molar-refractivity contribution < 1.29 is 9.59 Å². The van der Waals surface area contributed by atoms with Crippen molar-refractivity contribution in [2.24, 2.45) is 0 Å². The second kappa shape index (κ2) is 13.0. The Hall–Kier alpha value is -1.98. The third-order valence-electron chi connectivity index (χ3n) is 6.18. The van der Waals surface area contributed by atoms with E-state index in [1.54, 1.807) is 16.7 Å². The monoisotopic (exact) mass is 486 g/mol. The molecule has 0 unspecified atom stereocenters. The van der Waals surface area contributed by atoms with Gasteiger partial charge in [0.2, 0.25) is 11.8 Å². The molecule has 1 aliphatic rings. The standard InChI is InChI=1S/C27H35ClN2O2S/c1-3-25(27(32)29-24-10-5-4-6-11-24)30(17-21-12-14-23(28)15-13-21)26(31)19-33-18-22-9-7-8-20(2)16-22/h7-9,12-16,24-25H,3-6,10-11,17-19H2,1-2H3,(H,29,32)/t25-/m1/s1. The first-order valence-corrected chi connectivity index (χ1v) is 13.5. The first-order valence-electron chi connectivity index (χ1n) is 11.9. The Morgan fingerprint density at radius 2 is 1.82 bits per heavy atom. The van der Waals surface area contributed by atoms with Crippen molar-refractivity contribution in [3.63, 3.8) is 0 Å². The van der Waals surface area contributed by atoms with Gasteiger partial charge in [0.15, 0.2) is 0 Å². The van der Waals surface area contributed by atoms with Crippen molar-refractivity contribution in [2.75, 3.05) is 5.75 Å². The predicted octanol–water partition coefficient (Wildman–Crippen LogP) is 6.14. The van der Waals surface area contributed by atoms with Crippen LogP contribution in [0.25, 0.3) is 0 Å². The minimum atomic E-state index is -0.477. The fraction of sp³-hybridized carbons (Fsp3) is 0.481. The Labute approximate surface area is 207 Å². The highest BCUT2D eigenvalue weighted by atomic mass is 35.5. The molecule has 1 saturated carbocycles. The van der Waals surface area contributed by atoms with Gasteiger partial charge in [-0.05, 0) is 49.4 Å². The van der Waals surface area contributed by atoms with Crippen LogP contribution in [0.5, 0.6) is 0 Å². The summed E-state index contributed by atoms with van der Waals surface area (Å²) in [5.41, 5.74) is 3.40. The molecule has 0 heterocycles. The second-order valence-corrected chi connectivity index (χ2v) is 10.3. The molecule has 1 atom stereocenters. The van der Waals surface area contributed by atoms with E-state index in [0.717, 1.165) is 37.0 Å². The summed E-state index contributed by atoms with van der Waals surface area (Å²) in [4.78, 5) is 28.4.